The summed E-state index contributed by atoms with van der Waals surface area (Å²) in [6.07, 6.45) is 2.41. The van der Waals surface area contributed by atoms with Crippen LogP contribution in [0.5, 0.6) is 5.88 Å². The van der Waals surface area contributed by atoms with E-state index in [1.54, 1.807) is 7.11 Å². The number of methoxy groups -OCH3 is 1. The molecule has 0 atom stereocenters. The predicted molar refractivity (Wildman–Crippen MR) is 55.5 cm³/mol. The van der Waals surface area contributed by atoms with Crippen LogP contribution in [0.25, 0.3) is 0 Å². The number of ether oxygens (including phenoxy) is 1. The van der Waals surface area contributed by atoms with Crippen LogP contribution in [-0.4, -0.2) is 19.1 Å². The first-order valence-electron chi connectivity index (χ1n) is 4.92. The summed E-state index contributed by atoms with van der Waals surface area (Å²) >= 11 is 0. The van der Waals surface area contributed by atoms with Crippen molar-refractivity contribution in [2.75, 3.05) is 14.2 Å². The summed E-state index contributed by atoms with van der Waals surface area (Å²) in [5.41, 5.74) is 2.51. The molecule has 0 unspecified atom stereocenters. The second kappa shape index (κ2) is 3.24. The third-order valence-corrected chi connectivity index (χ3v) is 2.92. The molecule has 3 heteroatoms. The van der Waals surface area contributed by atoms with Gasteiger partial charge in [0, 0.05) is 17.3 Å². The predicted octanol–water partition coefficient (Wildman–Crippen LogP) is 1.61. The van der Waals surface area contributed by atoms with Crippen molar-refractivity contribution in [1.29, 1.82) is 0 Å². The van der Waals surface area contributed by atoms with Crippen LogP contribution in [0, 0.1) is 6.92 Å². The summed E-state index contributed by atoms with van der Waals surface area (Å²) in [6, 6.07) is 4.16. The lowest BCUT2D eigenvalue weighted by Crippen LogP contribution is -2.24. The SMILES string of the molecule is CNC1(c2cc(C)nc(OC)c2)CC1. The Labute approximate surface area is 84.5 Å². The minimum atomic E-state index is 0.195. The maximum Gasteiger partial charge on any atom is 0.213 e. The number of pyridine rings is 1. The Morgan fingerprint density at radius 3 is 2.64 bits per heavy atom. The molecule has 1 heterocycles. The highest BCUT2D eigenvalue weighted by atomic mass is 16.5. The van der Waals surface area contributed by atoms with Crippen molar-refractivity contribution in [1.82, 2.24) is 10.3 Å². The summed E-state index contributed by atoms with van der Waals surface area (Å²) in [7, 11) is 3.67. The number of rotatable bonds is 3. The molecule has 0 bridgehead atoms. The third-order valence-electron chi connectivity index (χ3n) is 2.92. The Morgan fingerprint density at radius 2 is 2.14 bits per heavy atom. The third kappa shape index (κ3) is 1.48. The van der Waals surface area contributed by atoms with Gasteiger partial charge in [-0.2, -0.15) is 0 Å². The molecule has 1 aromatic rings. The Hall–Kier alpha value is -1.09. The van der Waals surface area contributed by atoms with Crippen LogP contribution in [0.4, 0.5) is 0 Å². The minimum Gasteiger partial charge on any atom is -0.481 e. The van der Waals surface area contributed by atoms with Gasteiger partial charge in [-0.05, 0) is 38.4 Å². The first-order chi connectivity index (χ1) is 6.70. The molecule has 1 fully saturated rings. The van der Waals surface area contributed by atoms with Gasteiger partial charge >= 0.3 is 0 Å². The van der Waals surface area contributed by atoms with Crippen molar-refractivity contribution < 1.29 is 4.74 Å². The van der Waals surface area contributed by atoms with E-state index in [1.165, 1.54) is 18.4 Å². The topological polar surface area (TPSA) is 34.2 Å². The van der Waals surface area contributed by atoms with Crippen molar-refractivity contribution >= 4 is 0 Å². The van der Waals surface area contributed by atoms with Crippen molar-refractivity contribution in [3.05, 3.63) is 23.4 Å². The normalized spacial score (nSPS) is 17.9. The number of hydrogen-bond acceptors (Lipinski definition) is 3. The van der Waals surface area contributed by atoms with Gasteiger partial charge < -0.3 is 10.1 Å². The number of nitrogens with zero attached hydrogens (tertiary/aromatic N) is 1. The van der Waals surface area contributed by atoms with E-state index < -0.39 is 0 Å². The smallest absolute Gasteiger partial charge is 0.213 e. The average molecular weight is 192 g/mol. The first kappa shape index (κ1) is 9.46. The van der Waals surface area contributed by atoms with E-state index in [4.69, 9.17) is 4.74 Å². The number of aromatic nitrogens is 1. The largest absolute Gasteiger partial charge is 0.481 e. The quantitative estimate of drug-likeness (QED) is 0.790. The van der Waals surface area contributed by atoms with E-state index in [1.807, 2.05) is 20.0 Å². The van der Waals surface area contributed by atoms with E-state index in [0.29, 0.717) is 5.88 Å². The minimum absolute atomic E-state index is 0.195. The van der Waals surface area contributed by atoms with Gasteiger partial charge in [0.2, 0.25) is 5.88 Å². The molecule has 1 N–H and O–H groups in total. The zero-order chi connectivity index (χ0) is 10.2. The van der Waals surface area contributed by atoms with Crippen LogP contribution < -0.4 is 10.1 Å². The lowest BCUT2D eigenvalue weighted by Gasteiger charge is -2.15. The van der Waals surface area contributed by atoms with Gasteiger partial charge in [-0.3, -0.25) is 0 Å². The van der Waals surface area contributed by atoms with Crippen LogP contribution in [0.3, 0.4) is 0 Å². The van der Waals surface area contributed by atoms with Crippen LogP contribution in [0.2, 0.25) is 0 Å². The van der Waals surface area contributed by atoms with E-state index >= 15 is 0 Å². The molecule has 0 aromatic carbocycles. The molecule has 1 aliphatic carbocycles. The second-order valence-corrected chi connectivity index (χ2v) is 3.87. The van der Waals surface area contributed by atoms with Gasteiger partial charge in [-0.15, -0.1) is 0 Å². The van der Waals surface area contributed by atoms with Crippen LogP contribution in [0.15, 0.2) is 12.1 Å². The Balaban J connectivity index is 2.38. The standard InChI is InChI=1S/C11H16N2O/c1-8-6-9(7-10(13-8)14-3)11(12-2)4-5-11/h6-7,12H,4-5H2,1-3H3. The summed E-state index contributed by atoms with van der Waals surface area (Å²) < 4.78 is 5.16. The Kier molecular flexibility index (Phi) is 2.19. The van der Waals surface area contributed by atoms with Crippen LogP contribution >= 0.6 is 0 Å². The molecule has 1 aromatic heterocycles. The van der Waals surface area contributed by atoms with Crippen molar-refractivity contribution in [2.45, 2.75) is 25.3 Å². The van der Waals surface area contributed by atoms with E-state index in [-0.39, 0.29) is 5.54 Å². The molecule has 14 heavy (non-hydrogen) atoms. The molecule has 0 saturated heterocycles. The highest BCUT2D eigenvalue weighted by Gasteiger charge is 2.43. The molecule has 76 valence electrons. The molecular weight excluding hydrogens is 176 g/mol. The highest BCUT2D eigenvalue weighted by molar-refractivity contribution is 5.34. The van der Waals surface area contributed by atoms with Gasteiger partial charge in [0.05, 0.1) is 7.11 Å². The number of nitrogens with one attached hydrogen (secondary N) is 1. The second-order valence-electron chi connectivity index (χ2n) is 3.87. The molecular formula is C11H16N2O. The molecule has 3 nitrogen and oxygen atoms in total. The van der Waals surface area contributed by atoms with Gasteiger partial charge in [0.25, 0.3) is 0 Å². The molecule has 1 saturated carbocycles. The maximum atomic E-state index is 5.16. The van der Waals surface area contributed by atoms with E-state index in [0.717, 1.165) is 5.69 Å². The molecule has 0 spiro atoms. The van der Waals surface area contributed by atoms with E-state index in [2.05, 4.69) is 16.4 Å². The van der Waals surface area contributed by atoms with Crippen LogP contribution in [0.1, 0.15) is 24.1 Å². The summed E-state index contributed by atoms with van der Waals surface area (Å²) in [4.78, 5) is 4.28. The fourth-order valence-corrected chi connectivity index (χ4v) is 1.83. The summed E-state index contributed by atoms with van der Waals surface area (Å²) in [5, 5.41) is 3.36. The van der Waals surface area contributed by atoms with Gasteiger partial charge in [0.15, 0.2) is 0 Å². The van der Waals surface area contributed by atoms with Crippen molar-refractivity contribution in [2.24, 2.45) is 0 Å². The molecule has 0 aliphatic heterocycles. The first-order valence-corrected chi connectivity index (χ1v) is 4.92. The Bertz CT molecular complexity index is 345. The summed E-state index contributed by atoms with van der Waals surface area (Å²) in [5.74, 6) is 0.710. The average Bonchev–Trinajstić information content (AvgIpc) is 2.97. The lowest BCUT2D eigenvalue weighted by atomic mass is 10.1. The van der Waals surface area contributed by atoms with Gasteiger partial charge in [-0.1, -0.05) is 0 Å². The lowest BCUT2D eigenvalue weighted by molar-refractivity contribution is 0.395. The fourth-order valence-electron chi connectivity index (χ4n) is 1.83. The fraction of sp³-hybridized carbons (Fsp3) is 0.545. The molecule has 0 radical (unpaired) electrons. The Morgan fingerprint density at radius 1 is 1.43 bits per heavy atom. The monoisotopic (exact) mass is 192 g/mol. The van der Waals surface area contributed by atoms with Crippen molar-refractivity contribution in [3.63, 3.8) is 0 Å². The number of aryl methyl sites for hydroxylation is 1. The molecule has 2 rings (SSSR count). The molecule has 0 amide bonds. The maximum absolute atomic E-state index is 5.16. The number of hydrogen-bond donors (Lipinski definition) is 1. The molecule has 1 aliphatic rings. The van der Waals surface area contributed by atoms with Gasteiger partial charge in [-0.25, -0.2) is 4.98 Å². The van der Waals surface area contributed by atoms with Gasteiger partial charge in [0.1, 0.15) is 0 Å². The van der Waals surface area contributed by atoms with Crippen LogP contribution in [-0.2, 0) is 5.54 Å². The zero-order valence-corrected chi connectivity index (χ0v) is 8.92. The van der Waals surface area contributed by atoms with E-state index in [9.17, 15) is 0 Å². The van der Waals surface area contributed by atoms with Crippen molar-refractivity contribution in [3.8, 4) is 5.88 Å². The zero-order valence-electron chi connectivity index (χ0n) is 8.92. The summed E-state index contributed by atoms with van der Waals surface area (Å²) in [6.45, 7) is 2.00. The highest BCUT2D eigenvalue weighted by Crippen LogP contribution is 2.45.